The summed E-state index contributed by atoms with van der Waals surface area (Å²) in [5.41, 5.74) is 4.89. The summed E-state index contributed by atoms with van der Waals surface area (Å²) in [5, 5.41) is 11.8. The van der Waals surface area contributed by atoms with Crippen LogP contribution >= 0.6 is 11.8 Å². The van der Waals surface area contributed by atoms with Gasteiger partial charge < -0.3 is 20.1 Å². The Labute approximate surface area is 209 Å². The van der Waals surface area contributed by atoms with E-state index in [1.165, 1.54) is 11.5 Å². The van der Waals surface area contributed by atoms with Crippen LogP contribution in [0.2, 0.25) is 0 Å². The Morgan fingerprint density at radius 1 is 1.09 bits per heavy atom. The summed E-state index contributed by atoms with van der Waals surface area (Å²) in [4.78, 5) is 38.6. The van der Waals surface area contributed by atoms with Gasteiger partial charge in [-0.3, -0.25) is 9.59 Å². The number of thioether (sulfide) groups is 1. The van der Waals surface area contributed by atoms with Gasteiger partial charge in [0.1, 0.15) is 12.6 Å². The lowest BCUT2D eigenvalue weighted by Crippen LogP contribution is -2.53. The van der Waals surface area contributed by atoms with E-state index in [0.717, 1.165) is 35.1 Å². The molecule has 1 atom stereocenters. The maximum atomic E-state index is 13.0. The molecule has 3 aliphatic rings. The molecule has 2 N–H and O–H groups in total. The van der Waals surface area contributed by atoms with E-state index in [-0.39, 0.29) is 12.5 Å². The summed E-state index contributed by atoms with van der Waals surface area (Å²) in [6.07, 6.45) is 0.953. The Hall–Kier alpha value is -3.00. The van der Waals surface area contributed by atoms with Crippen LogP contribution in [0.25, 0.3) is 11.1 Å². The number of hydrogen-bond acceptors (Lipinski definition) is 5. The van der Waals surface area contributed by atoms with Crippen molar-refractivity contribution < 1.29 is 24.2 Å². The first kappa shape index (κ1) is 23.7. The summed E-state index contributed by atoms with van der Waals surface area (Å²) in [6, 6.07) is 14.9. The molecule has 1 saturated heterocycles. The lowest BCUT2D eigenvalue weighted by Gasteiger charge is -2.54. The number of hydrogen-bond donors (Lipinski definition) is 2. The molecule has 1 heterocycles. The zero-order valence-electron chi connectivity index (χ0n) is 19.7. The molecule has 184 valence electrons. The zero-order chi connectivity index (χ0) is 24.6. The third-order valence-electron chi connectivity index (χ3n) is 7.48. The van der Waals surface area contributed by atoms with Gasteiger partial charge in [-0.25, -0.2) is 4.79 Å². The van der Waals surface area contributed by atoms with Crippen molar-refractivity contribution >= 4 is 29.7 Å². The van der Waals surface area contributed by atoms with Crippen molar-refractivity contribution in [1.29, 1.82) is 0 Å². The standard InChI is InChI=1S/C27H30N2O5S/c1-29(13-17-11-27(12-17)15-35-16-27)25(32)23(10-24(30)31)28-26(33)34-14-22-20-8-4-2-6-18(20)19-7-3-5-9-21(19)22/h2-9,17,22-23H,10-16H2,1H3,(H,28,33)(H,30,31). The highest BCUT2D eigenvalue weighted by atomic mass is 32.2. The van der Waals surface area contributed by atoms with Crippen LogP contribution < -0.4 is 5.32 Å². The van der Waals surface area contributed by atoms with Gasteiger partial charge in [0.2, 0.25) is 5.91 Å². The molecule has 1 saturated carbocycles. The number of amides is 2. The van der Waals surface area contributed by atoms with E-state index >= 15 is 0 Å². The average Bonchev–Trinajstić information content (AvgIpc) is 3.11. The number of aliphatic carboxylic acids is 1. The molecular weight excluding hydrogens is 464 g/mol. The summed E-state index contributed by atoms with van der Waals surface area (Å²) in [6.45, 7) is 0.680. The predicted octanol–water partition coefficient (Wildman–Crippen LogP) is 3.97. The van der Waals surface area contributed by atoms with Gasteiger partial charge in [-0.1, -0.05) is 48.5 Å². The number of benzene rings is 2. The van der Waals surface area contributed by atoms with E-state index in [4.69, 9.17) is 4.74 Å². The Morgan fingerprint density at radius 3 is 2.23 bits per heavy atom. The molecule has 2 fully saturated rings. The lowest BCUT2D eigenvalue weighted by atomic mass is 9.63. The second-order valence-corrected chi connectivity index (χ2v) is 11.1. The average molecular weight is 495 g/mol. The predicted molar refractivity (Wildman–Crippen MR) is 134 cm³/mol. The number of carbonyl (C=O) groups excluding carboxylic acids is 2. The van der Waals surface area contributed by atoms with Crippen molar-refractivity contribution in [3.05, 3.63) is 59.7 Å². The number of likely N-dealkylation sites (N-methyl/N-ethyl adjacent to an activating group) is 1. The highest BCUT2D eigenvalue weighted by Gasteiger charge is 2.49. The fourth-order valence-corrected chi connectivity index (χ4v) is 7.07. The van der Waals surface area contributed by atoms with Gasteiger partial charge in [-0.2, -0.15) is 11.8 Å². The number of carboxylic acid groups (broad SMARTS) is 1. The number of carboxylic acids is 1. The van der Waals surface area contributed by atoms with Gasteiger partial charge >= 0.3 is 12.1 Å². The summed E-state index contributed by atoms with van der Waals surface area (Å²) in [5.74, 6) is 1.18. The fraction of sp³-hybridized carbons (Fsp3) is 0.444. The largest absolute Gasteiger partial charge is 0.481 e. The van der Waals surface area contributed by atoms with Crippen molar-refractivity contribution in [3.63, 3.8) is 0 Å². The minimum atomic E-state index is -1.17. The van der Waals surface area contributed by atoms with Crippen molar-refractivity contribution in [3.8, 4) is 11.1 Å². The normalized spacial score (nSPS) is 18.5. The van der Waals surface area contributed by atoms with Gasteiger partial charge in [0.15, 0.2) is 0 Å². The molecular formula is C27H30N2O5S. The second kappa shape index (κ2) is 9.57. The first-order chi connectivity index (χ1) is 16.8. The molecule has 0 aromatic heterocycles. The van der Waals surface area contributed by atoms with Crippen LogP contribution in [-0.2, 0) is 14.3 Å². The van der Waals surface area contributed by atoms with E-state index in [2.05, 4.69) is 17.4 Å². The topological polar surface area (TPSA) is 95.9 Å². The Kier molecular flexibility index (Phi) is 6.49. The summed E-state index contributed by atoms with van der Waals surface area (Å²) in [7, 11) is 1.68. The van der Waals surface area contributed by atoms with Gasteiger partial charge in [0, 0.05) is 19.5 Å². The first-order valence-electron chi connectivity index (χ1n) is 12.0. The number of alkyl carbamates (subject to hydrolysis) is 1. The van der Waals surface area contributed by atoms with Gasteiger partial charge in [0.25, 0.3) is 0 Å². The van der Waals surface area contributed by atoms with Gasteiger partial charge in [-0.05, 0) is 57.9 Å². The quantitative estimate of drug-likeness (QED) is 0.577. The summed E-state index contributed by atoms with van der Waals surface area (Å²) >= 11 is 1.96. The Morgan fingerprint density at radius 2 is 1.69 bits per heavy atom. The van der Waals surface area contributed by atoms with E-state index in [0.29, 0.717) is 17.9 Å². The molecule has 0 bridgehead atoms. The van der Waals surface area contributed by atoms with Crippen molar-refractivity contribution in [1.82, 2.24) is 10.2 Å². The maximum Gasteiger partial charge on any atom is 0.407 e. The highest BCUT2D eigenvalue weighted by molar-refractivity contribution is 8.00. The van der Waals surface area contributed by atoms with Gasteiger partial charge in [-0.15, -0.1) is 0 Å². The SMILES string of the molecule is CN(CC1CC2(CSC2)C1)C(=O)C(CC(=O)O)NC(=O)OCC1c2ccccc2-c2ccccc21. The van der Waals surface area contributed by atoms with Crippen LogP contribution in [0.3, 0.4) is 0 Å². The fourth-order valence-electron chi connectivity index (χ4n) is 5.82. The van der Waals surface area contributed by atoms with Crippen LogP contribution in [0, 0.1) is 11.3 Å². The van der Waals surface area contributed by atoms with E-state index in [9.17, 15) is 19.5 Å². The number of nitrogens with one attached hydrogen (secondary N) is 1. The molecule has 0 radical (unpaired) electrons. The molecule has 2 amide bonds. The smallest absolute Gasteiger partial charge is 0.407 e. The number of fused-ring (bicyclic) bond motifs is 3. The molecule has 5 rings (SSSR count). The molecule has 2 aromatic rings. The van der Waals surface area contributed by atoms with Crippen LogP contribution in [0.1, 0.15) is 36.3 Å². The third-order valence-corrected chi connectivity index (χ3v) is 9.11. The zero-order valence-corrected chi connectivity index (χ0v) is 20.6. The molecule has 1 unspecified atom stereocenters. The molecule has 35 heavy (non-hydrogen) atoms. The number of carbonyl (C=O) groups is 3. The Bertz CT molecular complexity index is 1090. The third kappa shape index (κ3) is 4.76. The van der Waals surface area contributed by atoms with Crippen LogP contribution in [0.15, 0.2) is 48.5 Å². The van der Waals surface area contributed by atoms with E-state index in [1.807, 2.05) is 48.2 Å². The molecule has 1 spiro atoms. The van der Waals surface area contributed by atoms with E-state index < -0.39 is 30.4 Å². The first-order valence-corrected chi connectivity index (χ1v) is 13.2. The van der Waals surface area contributed by atoms with E-state index in [1.54, 1.807) is 11.9 Å². The van der Waals surface area contributed by atoms with Crippen molar-refractivity contribution in [2.24, 2.45) is 11.3 Å². The van der Waals surface area contributed by atoms with Crippen LogP contribution in [-0.4, -0.2) is 65.7 Å². The van der Waals surface area contributed by atoms with Crippen LogP contribution in [0.5, 0.6) is 0 Å². The summed E-state index contributed by atoms with van der Waals surface area (Å²) < 4.78 is 5.53. The monoisotopic (exact) mass is 494 g/mol. The highest BCUT2D eigenvalue weighted by Crippen LogP contribution is 2.56. The van der Waals surface area contributed by atoms with Gasteiger partial charge in [0.05, 0.1) is 6.42 Å². The molecule has 8 heteroatoms. The van der Waals surface area contributed by atoms with Crippen molar-refractivity contribution in [2.45, 2.75) is 31.2 Å². The molecule has 2 aromatic carbocycles. The maximum absolute atomic E-state index is 13.0. The molecule has 2 aliphatic carbocycles. The minimum Gasteiger partial charge on any atom is -0.481 e. The Balaban J connectivity index is 1.19. The van der Waals surface area contributed by atoms with Crippen molar-refractivity contribution in [2.75, 3.05) is 31.7 Å². The van der Waals surface area contributed by atoms with Crippen LogP contribution in [0.4, 0.5) is 4.79 Å². The molecule has 1 aliphatic heterocycles. The number of rotatable bonds is 8. The molecule has 7 nitrogen and oxygen atoms in total. The minimum absolute atomic E-state index is 0.103. The number of nitrogens with zero attached hydrogens (tertiary/aromatic N) is 1. The number of ether oxygens (including phenoxy) is 1. The lowest BCUT2D eigenvalue weighted by molar-refractivity contribution is -0.142. The second-order valence-electron chi connectivity index (χ2n) is 10.1.